The van der Waals surface area contributed by atoms with Crippen LogP contribution in [0.15, 0.2) is 6.07 Å². The van der Waals surface area contributed by atoms with Crippen LogP contribution in [0, 0.1) is 0 Å². The summed E-state index contributed by atoms with van der Waals surface area (Å²) in [6, 6.07) is 1.84. The molecular formula is C12H19NO3S. The highest BCUT2D eigenvalue weighted by atomic mass is 32.1. The molecule has 0 aliphatic rings. The van der Waals surface area contributed by atoms with Crippen LogP contribution < -0.4 is 4.74 Å². The Kier molecular flexibility index (Phi) is 4.96. The lowest BCUT2D eigenvalue weighted by molar-refractivity contribution is 0.0698. The van der Waals surface area contributed by atoms with E-state index in [1.165, 1.54) is 11.3 Å². The van der Waals surface area contributed by atoms with Crippen molar-refractivity contribution in [2.45, 2.75) is 19.8 Å². The monoisotopic (exact) mass is 257 g/mol. The Balaban J connectivity index is 2.78. The Bertz CT molecular complexity index is 385. The van der Waals surface area contributed by atoms with E-state index in [1.807, 2.05) is 38.9 Å². The van der Waals surface area contributed by atoms with E-state index in [2.05, 4.69) is 0 Å². The van der Waals surface area contributed by atoms with Gasteiger partial charge in [0, 0.05) is 11.4 Å². The molecule has 0 saturated heterocycles. The zero-order chi connectivity index (χ0) is 13.0. The minimum absolute atomic E-state index is 0.299. The topological polar surface area (TPSA) is 49.8 Å². The molecule has 0 saturated carbocycles. The number of likely N-dealkylation sites (N-methyl/N-ethyl adjacent to an activating group) is 1. The van der Waals surface area contributed by atoms with Gasteiger partial charge in [0.1, 0.15) is 12.4 Å². The molecule has 0 fully saturated rings. The molecule has 96 valence electrons. The largest absolute Gasteiger partial charge is 0.490 e. The first kappa shape index (κ1) is 14.0. The predicted octanol–water partition coefficient (Wildman–Crippen LogP) is 2.51. The summed E-state index contributed by atoms with van der Waals surface area (Å²) in [4.78, 5) is 14.4. The highest BCUT2D eigenvalue weighted by Crippen LogP contribution is 2.33. The van der Waals surface area contributed by atoms with Crippen molar-refractivity contribution in [3.63, 3.8) is 0 Å². The van der Waals surface area contributed by atoms with E-state index in [-0.39, 0.29) is 0 Å². The molecular weight excluding hydrogens is 238 g/mol. The minimum Gasteiger partial charge on any atom is -0.490 e. The number of carboxylic acids is 1. The van der Waals surface area contributed by atoms with Gasteiger partial charge in [-0.25, -0.2) is 4.79 Å². The van der Waals surface area contributed by atoms with Crippen molar-refractivity contribution in [3.05, 3.63) is 15.8 Å². The molecule has 1 aromatic heterocycles. The maximum absolute atomic E-state index is 11.1. The van der Waals surface area contributed by atoms with Crippen LogP contribution in [0.5, 0.6) is 5.75 Å². The first-order chi connectivity index (χ1) is 7.91. The Morgan fingerprint density at radius 1 is 1.53 bits per heavy atom. The zero-order valence-electron chi connectivity index (χ0n) is 10.7. The van der Waals surface area contributed by atoms with E-state index < -0.39 is 5.97 Å². The molecule has 1 aromatic rings. The second-order valence-electron chi connectivity index (χ2n) is 4.45. The van der Waals surface area contributed by atoms with E-state index in [0.29, 0.717) is 23.2 Å². The number of hydrogen-bond acceptors (Lipinski definition) is 4. The third kappa shape index (κ3) is 4.02. The Morgan fingerprint density at radius 2 is 2.18 bits per heavy atom. The number of thiophene rings is 1. The first-order valence-corrected chi connectivity index (χ1v) is 6.38. The van der Waals surface area contributed by atoms with Gasteiger partial charge in [0.05, 0.1) is 0 Å². The van der Waals surface area contributed by atoms with Crippen molar-refractivity contribution in [2.24, 2.45) is 0 Å². The summed E-state index contributed by atoms with van der Waals surface area (Å²) < 4.78 is 5.53. The van der Waals surface area contributed by atoms with E-state index in [0.717, 1.165) is 11.4 Å². The van der Waals surface area contributed by atoms with E-state index in [1.54, 1.807) is 0 Å². The van der Waals surface area contributed by atoms with Crippen molar-refractivity contribution in [3.8, 4) is 5.75 Å². The highest BCUT2D eigenvalue weighted by Gasteiger charge is 2.18. The fourth-order valence-corrected chi connectivity index (χ4v) is 2.21. The number of nitrogens with zero attached hydrogens (tertiary/aromatic N) is 1. The summed E-state index contributed by atoms with van der Waals surface area (Å²) in [6.07, 6.45) is 0. The standard InChI is InChI=1S/C12H19NO3S/c1-8(2)10-7-9(11(17-10)12(14)15)16-6-5-13(3)4/h7-8H,5-6H2,1-4H3,(H,14,15). The number of rotatable bonds is 6. The molecule has 1 N–H and O–H groups in total. The Labute approximate surface area is 106 Å². The van der Waals surface area contributed by atoms with Gasteiger partial charge in [0.15, 0.2) is 4.88 Å². The quantitative estimate of drug-likeness (QED) is 0.850. The molecule has 0 aromatic carbocycles. The van der Waals surface area contributed by atoms with Gasteiger partial charge in [-0.15, -0.1) is 11.3 Å². The van der Waals surface area contributed by atoms with E-state index >= 15 is 0 Å². The lowest BCUT2D eigenvalue weighted by Gasteiger charge is -2.10. The molecule has 1 heterocycles. The maximum Gasteiger partial charge on any atom is 0.349 e. The number of ether oxygens (including phenoxy) is 1. The summed E-state index contributed by atoms with van der Waals surface area (Å²) >= 11 is 1.30. The van der Waals surface area contributed by atoms with E-state index in [4.69, 9.17) is 9.84 Å². The molecule has 0 radical (unpaired) electrons. The van der Waals surface area contributed by atoms with Crippen molar-refractivity contribution >= 4 is 17.3 Å². The maximum atomic E-state index is 11.1. The predicted molar refractivity (Wildman–Crippen MR) is 69.4 cm³/mol. The lowest BCUT2D eigenvalue weighted by atomic mass is 10.2. The molecule has 5 heteroatoms. The Morgan fingerprint density at radius 3 is 2.65 bits per heavy atom. The molecule has 0 bridgehead atoms. The number of hydrogen-bond donors (Lipinski definition) is 1. The van der Waals surface area contributed by atoms with Crippen LogP contribution in [0.2, 0.25) is 0 Å². The van der Waals surface area contributed by atoms with Crippen LogP contribution in [0.4, 0.5) is 0 Å². The molecule has 0 spiro atoms. The van der Waals surface area contributed by atoms with Crippen LogP contribution in [0.3, 0.4) is 0 Å². The van der Waals surface area contributed by atoms with Gasteiger partial charge >= 0.3 is 5.97 Å². The third-order valence-corrected chi connectivity index (χ3v) is 3.68. The fraction of sp³-hybridized carbons (Fsp3) is 0.583. The van der Waals surface area contributed by atoms with Crippen LogP contribution in [-0.2, 0) is 0 Å². The average Bonchev–Trinajstić information content (AvgIpc) is 2.61. The van der Waals surface area contributed by atoms with Crippen LogP contribution in [-0.4, -0.2) is 43.2 Å². The molecule has 0 amide bonds. The lowest BCUT2D eigenvalue weighted by Crippen LogP contribution is -2.19. The molecule has 0 unspecified atom stereocenters. The molecule has 4 nitrogen and oxygen atoms in total. The van der Waals surface area contributed by atoms with Gasteiger partial charge in [-0.3, -0.25) is 0 Å². The third-order valence-electron chi connectivity index (χ3n) is 2.28. The summed E-state index contributed by atoms with van der Waals surface area (Å²) in [7, 11) is 3.91. The SMILES string of the molecule is CC(C)c1cc(OCCN(C)C)c(C(=O)O)s1. The fourth-order valence-electron chi connectivity index (χ4n) is 1.27. The summed E-state index contributed by atoms with van der Waals surface area (Å²) in [6.45, 7) is 5.36. The van der Waals surface area contributed by atoms with Gasteiger partial charge in [-0.05, 0) is 26.1 Å². The number of carboxylic acid groups (broad SMARTS) is 1. The highest BCUT2D eigenvalue weighted by molar-refractivity contribution is 7.14. The number of carbonyl (C=O) groups is 1. The van der Waals surface area contributed by atoms with Crippen LogP contribution in [0.25, 0.3) is 0 Å². The first-order valence-electron chi connectivity index (χ1n) is 5.56. The molecule has 0 aliphatic carbocycles. The summed E-state index contributed by atoms with van der Waals surface area (Å²) in [5.74, 6) is -0.0981. The van der Waals surface area contributed by atoms with Crippen LogP contribution in [0.1, 0.15) is 34.3 Å². The van der Waals surface area contributed by atoms with Crippen molar-refractivity contribution in [1.82, 2.24) is 4.90 Å². The van der Waals surface area contributed by atoms with Crippen molar-refractivity contribution in [2.75, 3.05) is 27.2 Å². The van der Waals surface area contributed by atoms with E-state index in [9.17, 15) is 4.79 Å². The second-order valence-corrected chi connectivity index (χ2v) is 5.54. The second kappa shape index (κ2) is 6.02. The van der Waals surface area contributed by atoms with Gasteiger partial charge in [0.2, 0.25) is 0 Å². The molecule has 0 aliphatic heterocycles. The molecule has 17 heavy (non-hydrogen) atoms. The smallest absolute Gasteiger partial charge is 0.349 e. The van der Waals surface area contributed by atoms with Crippen molar-refractivity contribution < 1.29 is 14.6 Å². The van der Waals surface area contributed by atoms with Gasteiger partial charge < -0.3 is 14.7 Å². The minimum atomic E-state index is -0.915. The Hall–Kier alpha value is -1.07. The molecule has 1 rings (SSSR count). The van der Waals surface area contributed by atoms with Gasteiger partial charge in [0.25, 0.3) is 0 Å². The number of aromatic carboxylic acids is 1. The summed E-state index contributed by atoms with van der Waals surface area (Å²) in [5, 5.41) is 9.09. The van der Waals surface area contributed by atoms with Crippen molar-refractivity contribution in [1.29, 1.82) is 0 Å². The zero-order valence-corrected chi connectivity index (χ0v) is 11.5. The normalized spacial score (nSPS) is 11.2. The average molecular weight is 257 g/mol. The summed E-state index contributed by atoms with van der Waals surface area (Å²) in [5.41, 5.74) is 0. The molecule has 0 atom stereocenters. The van der Waals surface area contributed by atoms with Gasteiger partial charge in [-0.2, -0.15) is 0 Å². The van der Waals surface area contributed by atoms with Gasteiger partial charge in [-0.1, -0.05) is 13.8 Å². The van der Waals surface area contributed by atoms with Crippen LogP contribution >= 0.6 is 11.3 Å².